The van der Waals surface area contributed by atoms with Gasteiger partial charge in [0.2, 0.25) is 0 Å². The van der Waals surface area contributed by atoms with Gasteiger partial charge >= 0.3 is 5.63 Å². The minimum absolute atomic E-state index is 0.0381. The lowest BCUT2D eigenvalue weighted by Crippen LogP contribution is -2.57. The number of carbonyl (C=O) groups excluding carboxylic acids is 1. The second-order valence-corrected chi connectivity index (χ2v) is 12.1. The predicted molar refractivity (Wildman–Crippen MR) is 134 cm³/mol. The molecule has 1 aliphatic heterocycles. The van der Waals surface area contributed by atoms with Crippen LogP contribution in [0.2, 0.25) is 0 Å². The number of aldehydes is 1. The number of allylic oxidation sites excluding steroid dienone is 2. The van der Waals surface area contributed by atoms with Crippen LogP contribution >= 0.6 is 0 Å². The number of aliphatic hydroxyl groups is 4. The van der Waals surface area contributed by atoms with Gasteiger partial charge in [-0.05, 0) is 74.0 Å². The molecule has 5 aliphatic rings. The molecule has 6 rings (SSSR count). The minimum atomic E-state index is -1.36. The zero-order valence-corrected chi connectivity index (χ0v) is 21.5. The van der Waals surface area contributed by atoms with Crippen LogP contribution in [0, 0.1) is 16.7 Å². The van der Waals surface area contributed by atoms with Crippen LogP contribution in [0.5, 0.6) is 0 Å². The summed E-state index contributed by atoms with van der Waals surface area (Å²) >= 11 is 0. The SMILES string of the molecule is C[C@]12CC[C@@H]3C(=CC=C4C[C@@H](O[C@H]5OC[C@@H](O)[C@H](O)[C@@H]5O)CC[C@@]43C=O)[C@@]1(O)CC[C@@H]2c1ccc(=O)oc1. The molecule has 0 aromatic carbocycles. The van der Waals surface area contributed by atoms with Crippen molar-refractivity contribution in [1.82, 2.24) is 0 Å². The molecule has 4 fully saturated rings. The Balaban J connectivity index is 1.27. The number of aliphatic hydroxyl groups excluding tert-OH is 3. The molecule has 206 valence electrons. The van der Waals surface area contributed by atoms with Crippen molar-refractivity contribution in [2.24, 2.45) is 16.7 Å². The summed E-state index contributed by atoms with van der Waals surface area (Å²) in [4.78, 5) is 24.4. The summed E-state index contributed by atoms with van der Waals surface area (Å²) in [5.41, 5.74) is 0.153. The lowest BCUT2D eigenvalue weighted by molar-refractivity contribution is -0.284. The van der Waals surface area contributed by atoms with Gasteiger partial charge in [0.25, 0.3) is 0 Å². The lowest BCUT2D eigenvalue weighted by atomic mass is 9.48. The summed E-state index contributed by atoms with van der Waals surface area (Å²) in [5.74, 6) is -0.0730. The molecule has 0 radical (unpaired) electrons. The molecule has 1 aromatic rings. The fourth-order valence-electron chi connectivity index (χ4n) is 8.21. The Labute approximate surface area is 220 Å². The van der Waals surface area contributed by atoms with Crippen LogP contribution < -0.4 is 5.63 Å². The molecular formula is C29H36O9. The van der Waals surface area contributed by atoms with E-state index in [0.29, 0.717) is 25.7 Å². The smallest absolute Gasteiger partial charge is 0.335 e. The Hall–Kier alpha value is -2.14. The predicted octanol–water partition coefficient (Wildman–Crippen LogP) is 1.72. The molecule has 0 bridgehead atoms. The molecule has 2 heterocycles. The molecule has 0 unspecified atom stereocenters. The number of fused-ring (bicyclic) bond motifs is 5. The van der Waals surface area contributed by atoms with Gasteiger partial charge in [-0.25, -0.2) is 4.79 Å². The maximum absolute atomic E-state index is 12.8. The first-order valence-corrected chi connectivity index (χ1v) is 13.6. The molecule has 9 heteroatoms. The summed E-state index contributed by atoms with van der Waals surface area (Å²) in [6.07, 6.45) is 5.72. The topological polar surface area (TPSA) is 147 Å². The van der Waals surface area contributed by atoms with Crippen molar-refractivity contribution in [3.63, 3.8) is 0 Å². The summed E-state index contributed by atoms with van der Waals surface area (Å²) in [5, 5.41) is 42.3. The van der Waals surface area contributed by atoms with Crippen LogP contribution in [0.15, 0.2) is 50.9 Å². The molecule has 3 saturated carbocycles. The third kappa shape index (κ3) is 3.67. The van der Waals surface area contributed by atoms with Crippen molar-refractivity contribution in [2.75, 3.05) is 6.61 Å². The number of ether oxygens (including phenoxy) is 2. The van der Waals surface area contributed by atoms with Crippen LogP contribution in [0.4, 0.5) is 0 Å². The number of carbonyl (C=O) groups is 1. The normalized spacial score (nSPS) is 46.3. The highest BCUT2D eigenvalue weighted by molar-refractivity contribution is 5.70. The second kappa shape index (κ2) is 9.21. The van der Waals surface area contributed by atoms with Gasteiger partial charge in [0.15, 0.2) is 6.29 Å². The van der Waals surface area contributed by atoms with Gasteiger partial charge in [-0.1, -0.05) is 24.6 Å². The molecule has 4 N–H and O–H groups in total. The Morgan fingerprint density at radius 3 is 2.55 bits per heavy atom. The average Bonchev–Trinajstić information content (AvgIpc) is 3.20. The summed E-state index contributed by atoms with van der Waals surface area (Å²) in [7, 11) is 0. The standard InChI is InChI=1S/C29H36O9/c1-27-9-7-20-21(29(27,35)11-8-19(27)16-2-5-23(32)36-13-16)4-3-17-12-18(6-10-28(17,20)15-30)38-26-25(34)24(33)22(31)14-37-26/h2-5,13,15,18-20,22,24-26,31,33-35H,6-12,14H2,1H3/t18-,19+,20+,22+,24-,25-,26+,27+,28+,29-/m0/s1. The second-order valence-electron chi connectivity index (χ2n) is 12.1. The van der Waals surface area contributed by atoms with Gasteiger partial charge in [-0.2, -0.15) is 0 Å². The van der Waals surface area contributed by atoms with Crippen LogP contribution in [-0.2, 0) is 14.3 Å². The quantitative estimate of drug-likeness (QED) is 0.429. The molecule has 0 spiro atoms. The Kier molecular flexibility index (Phi) is 6.33. The fourth-order valence-corrected chi connectivity index (χ4v) is 8.21. The van der Waals surface area contributed by atoms with Crippen molar-refractivity contribution in [3.8, 4) is 0 Å². The van der Waals surface area contributed by atoms with Crippen molar-refractivity contribution in [3.05, 3.63) is 57.7 Å². The van der Waals surface area contributed by atoms with E-state index in [1.165, 1.54) is 12.3 Å². The van der Waals surface area contributed by atoms with Crippen molar-refractivity contribution in [1.29, 1.82) is 0 Å². The van der Waals surface area contributed by atoms with Crippen LogP contribution in [-0.4, -0.2) is 69.6 Å². The molecule has 1 saturated heterocycles. The van der Waals surface area contributed by atoms with Gasteiger partial charge in [-0.3, -0.25) is 0 Å². The highest BCUT2D eigenvalue weighted by atomic mass is 16.7. The molecule has 10 atom stereocenters. The summed E-state index contributed by atoms with van der Waals surface area (Å²) in [6, 6.07) is 3.23. The molecule has 0 amide bonds. The first-order valence-electron chi connectivity index (χ1n) is 13.6. The van der Waals surface area contributed by atoms with Crippen LogP contribution in [0.25, 0.3) is 0 Å². The van der Waals surface area contributed by atoms with E-state index in [9.17, 15) is 30.0 Å². The average molecular weight is 529 g/mol. The lowest BCUT2D eigenvalue weighted by Gasteiger charge is -2.57. The number of hydrogen-bond acceptors (Lipinski definition) is 9. The van der Waals surface area contributed by atoms with Crippen LogP contribution in [0.1, 0.15) is 63.4 Å². The van der Waals surface area contributed by atoms with Crippen LogP contribution in [0.3, 0.4) is 0 Å². The Bertz CT molecular complexity index is 1200. The van der Waals surface area contributed by atoms with Crippen molar-refractivity contribution >= 4 is 6.29 Å². The van der Waals surface area contributed by atoms with E-state index in [-0.39, 0.29) is 24.5 Å². The molecular weight excluding hydrogens is 492 g/mol. The van der Waals surface area contributed by atoms with E-state index in [2.05, 4.69) is 6.92 Å². The van der Waals surface area contributed by atoms with E-state index >= 15 is 0 Å². The van der Waals surface area contributed by atoms with E-state index < -0.39 is 46.7 Å². The first kappa shape index (κ1) is 26.1. The highest BCUT2D eigenvalue weighted by Crippen LogP contribution is 2.68. The first-order chi connectivity index (χ1) is 18.1. The van der Waals surface area contributed by atoms with Gasteiger partial charge in [-0.15, -0.1) is 0 Å². The monoisotopic (exact) mass is 528 g/mol. The zero-order valence-electron chi connectivity index (χ0n) is 21.5. The summed E-state index contributed by atoms with van der Waals surface area (Å²) in [6.45, 7) is 1.99. The van der Waals surface area contributed by atoms with E-state index in [1.807, 2.05) is 12.2 Å². The Morgan fingerprint density at radius 1 is 1.03 bits per heavy atom. The zero-order chi connectivity index (χ0) is 26.9. The number of hydrogen-bond donors (Lipinski definition) is 4. The third-order valence-electron chi connectivity index (χ3n) is 10.4. The third-order valence-corrected chi connectivity index (χ3v) is 10.4. The minimum Gasteiger partial charge on any atom is -0.431 e. The van der Waals surface area contributed by atoms with Crippen molar-refractivity contribution < 1.29 is 39.1 Å². The fraction of sp³-hybridized carbons (Fsp3) is 0.655. The largest absolute Gasteiger partial charge is 0.431 e. The highest BCUT2D eigenvalue weighted by Gasteiger charge is 2.65. The van der Waals surface area contributed by atoms with Gasteiger partial charge < -0.3 is 39.1 Å². The maximum Gasteiger partial charge on any atom is 0.335 e. The van der Waals surface area contributed by atoms with E-state index in [1.54, 1.807) is 6.07 Å². The number of rotatable bonds is 4. The van der Waals surface area contributed by atoms with Gasteiger partial charge in [0.1, 0.15) is 24.6 Å². The van der Waals surface area contributed by atoms with Crippen molar-refractivity contribution in [2.45, 2.75) is 94.1 Å². The molecule has 1 aromatic heterocycles. The maximum atomic E-state index is 12.8. The Morgan fingerprint density at radius 2 is 1.82 bits per heavy atom. The molecule has 4 aliphatic carbocycles. The summed E-state index contributed by atoms with van der Waals surface area (Å²) < 4.78 is 16.6. The molecule has 9 nitrogen and oxygen atoms in total. The van der Waals surface area contributed by atoms with E-state index in [4.69, 9.17) is 13.9 Å². The van der Waals surface area contributed by atoms with Gasteiger partial charge in [0.05, 0.1) is 30.0 Å². The van der Waals surface area contributed by atoms with E-state index in [0.717, 1.165) is 42.3 Å². The van der Waals surface area contributed by atoms with Gasteiger partial charge in [0, 0.05) is 11.5 Å². The molecule has 38 heavy (non-hydrogen) atoms.